The fourth-order valence-corrected chi connectivity index (χ4v) is 2.19. The van der Waals surface area contributed by atoms with Crippen LogP contribution in [0.2, 0.25) is 0 Å². The van der Waals surface area contributed by atoms with Crippen LogP contribution in [0.4, 0.5) is 18.0 Å². The number of urea groups is 1. The lowest BCUT2D eigenvalue weighted by Gasteiger charge is -2.25. The summed E-state index contributed by atoms with van der Waals surface area (Å²) in [6.07, 6.45) is -4.22. The number of likely N-dealkylation sites (N-methyl/N-ethyl adjacent to an activating group) is 1. The number of hydrogen-bond donors (Lipinski definition) is 2. The molecule has 9 heteroatoms. The van der Waals surface area contributed by atoms with Gasteiger partial charge in [-0.25, -0.2) is 4.79 Å². The topological polar surface area (TPSA) is 72.9 Å². The predicted octanol–water partition coefficient (Wildman–Crippen LogP) is 2.64. The molecule has 0 spiro atoms. The van der Waals surface area contributed by atoms with E-state index in [4.69, 9.17) is 5.11 Å². The average Bonchev–Trinajstić information content (AvgIpc) is 2.54. The number of aliphatic carboxylic acids is 1. The summed E-state index contributed by atoms with van der Waals surface area (Å²) in [5.41, 5.74) is -0.385. The van der Waals surface area contributed by atoms with E-state index in [0.29, 0.717) is 18.7 Å². The number of alkyl halides is 3. The third kappa shape index (κ3) is 8.19. The fraction of sp³-hybridized carbons (Fsp3) is 0.529. The smallest absolute Gasteiger partial charge is 0.416 e. The summed E-state index contributed by atoms with van der Waals surface area (Å²) in [6, 6.07) is 4.43. The highest BCUT2D eigenvalue weighted by Crippen LogP contribution is 2.29. The van der Waals surface area contributed by atoms with Crippen molar-refractivity contribution in [1.82, 2.24) is 15.1 Å². The first-order chi connectivity index (χ1) is 12.1. The molecule has 0 radical (unpaired) electrons. The Morgan fingerprint density at radius 1 is 1.19 bits per heavy atom. The van der Waals surface area contributed by atoms with Crippen LogP contribution < -0.4 is 5.32 Å². The van der Waals surface area contributed by atoms with Crippen molar-refractivity contribution in [2.24, 2.45) is 0 Å². The monoisotopic (exact) mass is 375 g/mol. The van der Waals surface area contributed by atoms with E-state index < -0.39 is 23.7 Å². The summed E-state index contributed by atoms with van der Waals surface area (Å²) >= 11 is 0. The summed E-state index contributed by atoms with van der Waals surface area (Å²) in [5.74, 6) is -0.951. The highest BCUT2D eigenvalue weighted by Gasteiger charge is 2.30. The number of carboxylic acid groups (broad SMARTS) is 1. The zero-order valence-corrected chi connectivity index (χ0v) is 14.8. The van der Waals surface area contributed by atoms with Gasteiger partial charge in [0, 0.05) is 32.6 Å². The van der Waals surface area contributed by atoms with E-state index >= 15 is 0 Å². The van der Waals surface area contributed by atoms with Gasteiger partial charge in [0.05, 0.1) is 5.56 Å². The Balaban J connectivity index is 2.76. The highest BCUT2D eigenvalue weighted by atomic mass is 19.4. The van der Waals surface area contributed by atoms with Crippen molar-refractivity contribution in [2.45, 2.75) is 25.6 Å². The lowest BCUT2D eigenvalue weighted by Crippen LogP contribution is -2.43. The number of carboxylic acids is 1. The average molecular weight is 375 g/mol. The molecular formula is C17H24F3N3O3. The Morgan fingerprint density at radius 2 is 1.88 bits per heavy atom. The van der Waals surface area contributed by atoms with E-state index in [1.165, 1.54) is 17.0 Å². The van der Waals surface area contributed by atoms with Crippen LogP contribution in [0.15, 0.2) is 24.3 Å². The molecular weight excluding hydrogens is 351 g/mol. The van der Waals surface area contributed by atoms with Crippen molar-refractivity contribution >= 4 is 12.0 Å². The number of nitrogens with one attached hydrogen (secondary N) is 1. The molecule has 1 aromatic carbocycles. The molecule has 146 valence electrons. The number of carbonyl (C=O) groups excluding carboxylic acids is 1. The number of carbonyl (C=O) groups is 2. The van der Waals surface area contributed by atoms with Gasteiger partial charge in [-0.15, -0.1) is 0 Å². The van der Waals surface area contributed by atoms with Crippen LogP contribution in [0.25, 0.3) is 0 Å². The van der Waals surface area contributed by atoms with Crippen LogP contribution in [-0.4, -0.2) is 60.6 Å². The number of nitrogens with zero attached hydrogens (tertiary/aromatic N) is 2. The van der Waals surface area contributed by atoms with Gasteiger partial charge in [-0.3, -0.25) is 4.79 Å². The van der Waals surface area contributed by atoms with Gasteiger partial charge in [0.25, 0.3) is 0 Å². The second-order valence-corrected chi connectivity index (χ2v) is 6.15. The van der Waals surface area contributed by atoms with Crippen molar-refractivity contribution < 1.29 is 27.9 Å². The van der Waals surface area contributed by atoms with Crippen LogP contribution >= 0.6 is 0 Å². The second kappa shape index (κ2) is 10.0. The van der Waals surface area contributed by atoms with E-state index in [0.717, 1.165) is 12.1 Å². The van der Waals surface area contributed by atoms with E-state index in [-0.39, 0.29) is 25.9 Å². The van der Waals surface area contributed by atoms with Crippen LogP contribution in [0.5, 0.6) is 0 Å². The van der Waals surface area contributed by atoms with Crippen LogP contribution in [0.1, 0.15) is 24.0 Å². The highest BCUT2D eigenvalue weighted by molar-refractivity contribution is 5.74. The minimum Gasteiger partial charge on any atom is -0.481 e. The van der Waals surface area contributed by atoms with Gasteiger partial charge in [-0.2, -0.15) is 13.2 Å². The Hall–Kier alpha value is -2.29. The first kappa shape index (κ1) is 21.8. The molecule has 0 heterocycles. The zero-order chi connectivity index (χ0) is 19.7. The molecule has 0 saturated heterocycles. The van der Waals surface area contributed by atoms with Gasteiger partial charge >= 0.3 is 18.2 Å². The maximum atomic E-state index is 12.8. The first-order valence-electron chi connectivity index (χ1n) is 8.15. The summed E-state index contributed by atoms with van der Waals surface area (Å²) in [4.78, 5) is 26.1. The molecule has 0 unspecified atom stereocenters. The molecule has 26 heavy (non-hydrogen) atoms. The molecule has 1 rings (SSSR count). The number of halogens is 3. The van der Waals surface area contributed by atoms with Gasteiger partial charge < -0.3 is 20.2 Å². The summed E-state index contributed by atoms with van der Waals surface area (Å²) in [7, 11) is 3.65. The molecule has 0 bridgehead atoms. The SMILES string of the molecule is CN(C)CCN(Cc1cccc(C(F)(F)F)c1)C(=O)NCCCC(=O)O. The molecule has 2 N–H and O–H groups in total. The number of hydrogen-bond acceptors (Lipinski definition) is 3. The summed E-state index contributed by atoms with van der Waals surface area (Å²) in [5, 5.41) is 11.2. The van der Waals surface area contributed by atoms with Crippen molar-refractivity contribution in [3.8, 4) is 0 Å². The molecule has 0 atom stereocenters. The molecule has 2 amide bonds. The van der Waals surface area contributed by atoms with E-state index in [9.17, 15) is 22.8 Å². The standard InChI is InChI=1S/C17H24F3N3O3/c1-22(2)9-10-23(16(26)21-8-4-7-15(24)25)12-13-5-3-6-14(11-13)17(18,19)20/h3,5-6,11H,4,7-10,12H2,1-2H3,(H,21,26)(H,24,25). The van der Waals surface area contributed by atoms with Gasteiger partial charge in [0.2, 0.25) is 0 Å². The minimum absolute atomic E-state index is 0.0303. The van der Waals surface area contributed by atoms with Gasteiger partial charge in [0.15, 0.2) is 0 Å². The molecule has 0 aliphatic rings. The van der Waals surface area contributed by atoms with Crippen molar-refractivity contribution in [2.75, 3.05) is 33.7 Å². The first-order valence-corrected chi connectivity index (χ1v) is 8.15. The van der Waals surface area contributed by atoms with Crippen molar-refractivity contribution in [3.63, 3.8) is 0 Å². The summed E-state index contributed by atoms with van der Waals surface area (Å²) < 4.78 is 38.5. The number of rotatable bonds is 9. The predicted molar refractivity (Wildman–Crippen MR) is 90.7 cm³/mol. The summed E-state index contributed by atoms with van der Waals surface area (Å²) in [6.45, 7) is 1.09. The lowest BCUT2D eigenvalue weighted by molar-refractivity contribution is -0.138. The van der Waals surface area contributed by atoms with Crippen molar-refractivity contribution in [3.05, 3.63) is 35.4 Å². The maximum absolute atomic E-state index is 12.8. The third-order valence-electron chi connectivity index (χ3n) is 3.58. The van der Waals surface area contributed by atoms with Crippen LogP contribution in [0.3, 0.4) is 0 Å². The van der Waals surface area contributed by atoms with Gasteiger partial charge in [-0.1, -0.05) is 12.1 Å². The van der Waals surface area contributed by atoms with Crippen LogP contribution in [-0.2, 0) is 17.5 Å². The van der Waals surface area contributed by atoms with Gasteiger partial charge in [0.1, 0.15) is 0 Å². The molecule has 0 aromatic heterocycles. The Kier molecular flexibility index (Phi) is 8.37. The Labute approximate surface area is 150 Å². The molecule has 0 aliphatic carbocycles. The number of amides is 2. The second-order valence-electron chi connectivity index (χ2n) is 6.15. The Bertz CT molecular complexity index is 606. The molecule has 0 aliphatic heterocycles. The minimum atomic E-state index is -4.44. The third-order valence-corrected chi connectivity index (χ3v) is 3.58. The normalized spacial score (nSPS) is 11.5. The van der Waals surface area contributed by atoms with E-state index in [1.807, 2.05) is 19.0 Å². The molecule has 0 fully saturated rings. The van der Waals surface area contributed by atoms with E-state index in [2.05, 4.69) is 5.32 Å². The maximum Gasteiger partial charge on any atom is 0.416 e. The van der Waals surface area contributed by atoms with Crippen molar-refractivity contribution in [1.29, 1.82) is 0 Å². The molecule has 1 aromatic rings. The fourth-order valence-electron chi connectivity index (χ4n) is 2.19. The Morgan fingerprint density at radius 3 is 2.46 bits per heavy atom. The quantitative estimate of drug-likeness (QED) is 0.651. The molecule has 6 nitrogen and oxygen atoms in total. The largest absolute Gasteiger partial charge is 0.481 e. The van der Waals surface area contributed by atoms with Crippen LogP contribution in [0, 0.1) is 0 Å². The molecule has 0 saturated carbocycles. The lowest BCUT2D eigenvalue weighted by atomic mass is 10.1. The van der Waals surface area contributed by atoms with E-state index in [1.54, 1.807) is 0 Å². The zero-order valence-electron chi connectivity index (χ0n) is 14.8. The number of benzene rings is 1. The van der Waals surface area contributed by atoms with Gasteiger partial charge in [-0.05, 0) is 38.2 Å².